The quantitative estimate of drug-likeness (QED) is 0.661. The van der Waals surface area contributed by atoms with Crippen molar-refractivity contribution in [3.05, 3.63) is 35.1 Å². The molecule has 0 unspecified atom stereocenters. The molecule has 2 N–H and O–H groups in total. The molecule has 1 rings (SSSR count). The third-order valence-electron chi connectivity index (χ3n) is 2.77. The van der Waals surface area contributed by atoms with Gasteiger partial charge in [-0.3, -0.25) is 4.99 Å². The second kappa shape index (κ2) is 7.41. The van der Waals surface area contributed by atoms with E-state index in [1.54, 1.807) is 13.1 Å². The summed E-state index contributed by atoms with van der Waals surface area (Å²) in [4.78, 5) is 6.14. The zero-order valence-electron chi connectivity index (χ0n) is 13.9. The van der Waals surface area contributed by atoms with Gasteiger partial charge >= 0.3 is 0 Å². The van der Waals surface area contributed by atoms with Gasteiger partial charge in [-0.1, -0.05) is 6.07 Å². The van der Waals surface area contributed by atoms with Crippen molar-refractivity contribution in [1.82, 2.24) is 15.5 Å². The van der Waals surface area contributed by atoms with Gasteiger partial charge in [0.1, 0.15) is 5.82 Å². The Balaban J connectivity index is 2.71. The van der Waals surface area contributed by atoms with Gasteiger partial charge in [0, 0.05) is 31.2 Å². The Morgan fingerprint density at radius 3 is 2.48 bits per heavy atom. The highest BCUT2D eigenvalue weighted by Gasteiger charge is 2.12. The molecule has 0 radical (unpaired) electrons. The van der Waals surface area contributed by atoms with Crippen molar-refractivity contribution >= 4 is 5.96 Å². The van der Waals surface area contributed by atoms with Crippen LogP contribution in [0.5, 0.6) is 0 Å². The number of halogens is 1. The van der Waals surface area contributed by atoms with E-state index in [-0.39, 0.29) is 11.4 Å². The Morgan fingerprint density at radius 2 is 1.95 bits per heavy atom. The maximum Gasteiger partial charge on any atom is 0.191 e. The molecule has 0 aliphatic rings. The molecule has 5 heteroatoms. The molecular formula is C16H27FN4. The Hall–Kier alpha value is -1.62. The second-order valence-corrected chi connectivity index (χ2v) is 6.46. The van der Waals surface area contributed by atoms with Gasteiger partial charge in [-0.2, -0.15) is 0 Å². The van der Waals surface area contributed by atoms with Crippen LogP contribution in [0.1, 0.15) is 31.9 Å². The molecule has 0 bridgehead atoms. The highest BCUT2D eigenvalue weighted by Crippen LogP contribution is 2.12. The summed E-state index contributed by atoms with van der Waals surface area (Å²) in [7, 11) is 5.60. The molecule has 0 heterocycles. The van der Waals surface area contributed by atoms with E-state index >= 15 is 0 Å². The Bertz CT molecular complexity index is 490. The molecular weight excluding hydrogens is 267 g/mol. The lowest BCUT2D eigenvalue weighted by Crippen LogP contribution is -2.47. The van der Waals surface area contributed by atoms with E-state index in [2.05, 4.69) is 36.4 Å². The van der Waals surface area contributed by atoms with Crippen molar-refractivity contribution in [1.29, 1.82) is 0 Å². The van der Waals surface area contributed by atoms with E-state index in [4.69, 9.17) is 0 Å². The van der Waals surface area contributed by atoms with Gasteiger partial charge in [-0.05, 0) is 52.6 Å². The first-order chi connectivity index (χ1) is 9.71. The summed E-state index contributed by atoms with van der Waals surface area (Å²) in [6.07, 6.45) is 0. The summed E-state index contributed by atoms with van der Waals surface area (Å²) in [5, 5.41) is 6.54. The average molecular weight is 294 g/mol. The zero-order chi connectivity index (χ0) is 16.0. The molecule has 0 aromatic heterocycles. The van der Waals surface area contributed by atoms with Crippen molar-refractivity contribution in [3.8, 4) is 0 Å². The topological polar surface area (TPSA) is 39.7 Å². The van der Waals surface area contributed by atoms with Crippen LogP contribution in [0.4, 0.5) is 4.39 Å². The van der Waals surface area contributed by atoms with Crippen LogP contribution in [0, 0.1) is 5.82 Å². The number of aliphatic imine (C=N–C) groups is 1. The van der Waals surface area contributed by atoms with Crippen LogP contribution in [0.2, 0.25) is 0 Å². The van der Waals surface area contributed by atoms with Crippen molar-refractivity contribution in [2.75, 3.05) is 21.1 Å². The average Bonchev–Trinajstić information content (AvgIpc) is 2.36. The van der Waals surface area contributed by atoms with Gasteiger partial charge < -0.3 is 15.5 Å². The van der Waals surface area contributed by atoms with Crippen LogP contribution in [0.25, 0.3) is 0 Å². The maximum atomic E-state index is 13.7. The Morgan fingerprint density at radius 1 is 1.29 bits per heavy atom. The second-order valence-electron chi connectivity index (χ2n) is 6.46. The van der Waals surface area contributed by atoms with Crippen molar-refractivity contribution < 1.29 is 4.39 Å². The first-order valence-electron chi connectivity index (χ1n) is 7.12. The highest BCUT2D eigenvalue weighted by molar-refractivity contribution is 5.80. The molecule has 0 aliphatic heterocycles. The number of benzene rings is 1. The molecule has 0 aliphatic carbocycles. The Labute approximate surface area is 127 Å². The molecule has 1 aromatic carbocycles. The van der Waals surface area contributed by atoms with Crippen molar-refractivity contribution in [2.45, 2.75) is 39.4 Å². The smallest absolute Gasteiger partial charge is 0.191 e. The number of hydrogen-bond acceptors (Lipinski definition) is 2. The van der Waals surface area contributed by atoms with Crippen LogP contribution in [0.15, 0.2) is 23.2 Å². The van der Waals surface area contributed by atoms with Crippen molar-refractivity contribution in [3.63, 3.8) is 0 Å². The first kappa shape index (κ1) is 17.4. The fraction of sp³-hybridized carbons (Fsp3) is 0.562. The third kappa shape index (κ3) is 6.58. The number of guanidine groups is 1. The predicted octanol–water partition coefficient (Wildman–Crippen LogP) is 2.35. The van der Waals surface area contributed by atoms with Crippen LogP contribution in [-0.2, 0) is 13.1 Å². The standard InChI is InChI=1S/C16H27FN4/c1-16(2,3)20-15(18-4)19-10-12-7-8-14(17)13(9-12)11-21(5)6/h7-9H,10-11H2,1-6H3,(H2,18,19,20). The van der Waals surface area contributed by atoms with E-state index in [0.29, 0.717) is 18.7 Å². The summed E-state index contributed by atoms with van der Waals surface area (Å²) in [5.41, 5.74) is 1.68. The molecule has 0 saturated heterocycles. The number of nitrogens with one attached hydrogen (secondary N) is 2. The lowest BCUT2D eigenvalue weighted by atomic mass is 10.1. The Kier molecular flexibility index (Phi) is 6.15. The number of rotatable bonds is 4. The van der Waals surface area contributed by atoms with Gasteiger partial charge in [0.15, 0.2) is 5.96 Å². The minimum Gasteiger partial charge on any atom is -0.352 e. The number of hydrogen-bond donors (Lipinski definition) is 2. The van der Waals surface area contributed by atoms with Gasteiger partial charge in [-0.25, -0.2) is 4.39 Å². The molecule has 0 amide bonds. The minimum absolute atomic E-state index is 0.0548. The maximum absolute atomic E-state index is 13.7. The monoisotopic (exact) mass is 294 g/mol. The van der Waals surface area contributed by atoms with Gasteiger partial charge in [0.2, 0.25) is 0 Å². The van der Waals surface area contributed by atoms with Gasteiger partial charge in [-0.15, -0.1) is 0 Å². The predicted molar refractivity (Wildman–Crippen MR) is 86.9 cm³/mol. The molecule has 21 heavy (non-hydrogen) atoms. The van der Waals surface area contributed by atoms with E-state index in [0.717, 1.165) is 11.5 Å². The summed E-state index contributed by atoms with van der Waals surface area (Å²) in [6, 6.07) is 5.22. The lowest BCUT2D eigenvalue weighted by molar-refractivity contribution is 0.392. The largest absolute Gasteiger partial charge is 0.352 e. The minimum atomic E-state index is -0.162. The molecule has 118 valence electrons. The summed E-state index contributed by atoms with van der Waals surface area (Å²) < 4.78 is 13.7. The molecule has 0 fully saturated rings. The van der Waals surface area contributed by atoms with Crippen LogP contribution in [-0.4, -0.2) is 37.5 Å². The van der Waals surface area contributed by atoms with Gasteiger partial charge in [0.05, 0.1) is 0 Å². The van der Waals surface area contributed by atoms with Crippen LogP contribution < -0.4 is 10.6 Å². The van der Waals surface area contributed by atoms with Gasteiger partial charge in [0.25, 0.3) is 0 Å². The summed E-state index contributed by atoms with van der Waals surface area (Å²) >= 11 is 0. The van der Waals surface area contributed by atoms with Crippen molar-refractivity contribution in [2.24, 2.45) is 4.99 Å². The highest BCUT2D eigenvalue weighted by atomic mass is 19.1. The SMILES string of the molecule is CN=C(NCc1ccc(F)c(CN(C)C)c1)NC(C)(C)C. The van der Waals surface area contributed by atoms with E-state index in [9.17, 15) is 4.39 Å². The van der Waals surface area contributed by atoms with Crippen LogP contribution >= 0.6 is 0 Å². The lowest BCUT2D eigenvalue weighted by Gasteiger charge is -2.23. The summed E-state index contributed by atoms with van der Waals surface area (Å²) in [5.74, 6) is 0.575. The normalized spacial score (nSPS) is 12.7. The number of nitrogens with zero attached hydrogens (tertiary/aromatic N) is 2. The van der Waals surface area contributed by atoms with E-state index < -0.39 is 0 Å². The van der Waals surface area contributed by atoms with Crippen LogP contribution in [0.3, 0.4) is 0 Å². The molecule has 4 nitrogen and oxygen atoms in total. The summed E-state index contributed by atoms with van der Waals surface area (Å²) in [6.45, 7) is 7.43. The van der Waals surface area contributed by atoms with E-state index in [1.165, 1.54) is 6.07 Å². The fourth-order valence-electron chi connectivity index (χ4n) is 1.92. The fourth-order valence-corrected chi connectivity index (χ4v) is 1.92. The molecule has 0 saturated carbocycles. The molecule has 0 atom stereocenters. The zero-order valence-corrected chi connectivity index (χ0v) is 13.9. The third-order valence-corrected chi connectivity index (χ3v) is 2.77. The molecule has 1 aromatic rings. The first-order valence-corrected chi connectivity index (χ1v) is 7.12. The molecule has 0 spiro atoms. The van der Waals surface area contributed by atoms with E-state index in [1.807, 2.05) is 25.1 Å².